The van der Waals surface area contributed by atoms with Gasteiger partial charge in [0.1, 0.15) is 0 Å². The van der Waals surface area contributed by atoms with E-state index in [9.17, 15) is 11.0 Å². The number of anilines is 1. The normalized spacial score (nSPS) is 21.4. The van der Waals surface area contributed by atoms with Gasteiger partial charge in [0.25, 0.3) is 0 Å². The zero-order valence-electron chi connectivity index (χ0n) is 23.2. The number of nitrogens with zero attached hydrogens (tertiary/aromatic N) is 3. The molecule has 2 bridgehead atoms. The minimum absolute atomic E-state index is 0.0133. The number of hydrogen-bond donors (Lipinski definition) is 0. The van der Waals surface area contributed by atoms with Crippen LogP contribution < -0.4 is 4.90 Å². The highest BCUT2D eigenvalue weighted by molar-refractivity contribution is 6.31. The average molecular weight is 539 g/mol. The van der Waals surface area contributed by atoms with Gasteiger partial charge in [0.05, 0.1) is 25.3 Å². The van der Waals surface area contributed by atoms with Gasteiger partial charge in [0.2, 0.25) is 5.91 Å². The van der Waals surface area contributed by atoms with E-state index in [1.807, 2.05) is 72.3 Å². The zero-order chi connectivity index (χ0) is 28.0. The van der Waals surface area contributed by atoms with Crippen LogP contribution in [0.2, 0.25) is 5.02 Å². The van der Waals surface area contributed by atoms with Crippen molar-refractivity contribution in [1.82, 2.24) is 9.55 Å². The summed E-state index contributed by atoms with van der Waals surface area (Å²) in [7, 11) is 1.97. The lowest BCUT2D eigenvalue weighted by atomic mass is 9.87. The molecule has 0 saturated heterocycles. The van der Waals surface area contributed by atoms with E-state index in [1.165, 1.54) is 19.4 Å². The maximum Gasteiger partial charge on any atom is 0.230 e. The fourth-order valence-electron chi connectivity index (χ4n) is 6.25. The monoisotopic (exact) mass is 538 g/mol. The Morgan fingerprint density at radius 3 is 2.67 bits per heavy atom. The highest BCUT2D eigenvalue weighted by Crippen LogP contribution is 2.49. The van der Waals surface area contributed by atoms with Gasteiger partial charge in [-0.3, -0.25) is 9.59 Å². The Morgan fingerprint density at radius 2 is 1.92 bits per heavy atom. The predicted molar refractivity (Wildman–Crippen MR) is 157 cm³/mol. The molecule has 6 heteroatoms. The van der Waals surface area contributed by atoms with E-state index >= 15 is 0 Å². The second kappa shape index (κ2) is 10.5. The summed E-state index contributed by atoms with van der Waals surface area (Å²) in [4.78, 5) is 31.7. The molecule has 0 spiro atoms. The third-order valence-corrected chi connectivity index (χ3v) is 8.61. The number of fused-ring (bicyclic) bond motifs is 3. The van der Waals surface area contributed by atoms with E-state index in [-0.39, 0.29) is 17.6 Å². The zero-order valence-corrected chi connectivity index (χ0v) is 22.9. The molecule has 1 heterocycles. The fourth-order valence-corrected chi connectivity index (χ4v) is 6.48. The topological polar surface area (TPSA) is 55.2 Å². The summed E-state index contributed by atoms with van der Waals surface area (Å²) >= 11 is 6.84. The third kappa shape index (κ3) is 5.16. The van der Waals surface area contributed by atoms with Gasteiger partial charge in [0.15, 0.2) is 5.78 Å². The van der Waals surface area contributed by atoms with Crippen molar-refractivity contribution in [2.24, 2.45) is 24.8 Å². The summed E-state index contributed by atoms with van der Waals surface area (Å²) in [5.74, 6) is 0.848. The molecule has 39 heavy (non-hydrogen) atoms. The quantitative estimate of drug-likeness (QED) is 0.229. The smallest absolute Gasteiger partial charge is 0.230 e. The summed E-state index contributed by atoms with van der Waals surface area (Å²) < 4.78 is 11.3. The van der Waals surface area contributed by atoms with Gasteiger partial charge in [-0.25, -0.2) is 4.98 Å². The number of imidazole rings is 1. The number of hydrogen-bond acceptors (Lipinski definition) is 3. The Bertz CT molecular complexity index is 1640. The highest BCUT2D eigenvalue weighted by Gasteiger charge is 2.44. The molecule has 4 aromatic rings. The summed E-state index contributed by atoms with van der Waals surface area (Å²) in [5.41, 5.74) is 5.88. The standard InChI is InChI=1S/C33H32ClN3O2/c1-21(38)6-7-22-4-3-5-28(15-22)37(33(39)29-16-23-8-9-26(29)14-23)19-27-11-10-24(17-30(27)34)25-12-13-32-31(18-25)35-20-36(32)2/h3-7,10-13,15,17-18,20,23,26,29H,8-9,14,16,19H2,1-2H3/b7-6+/t23-,26+,29-/m1/s1/i19D/t19?,23-,26+,29-. The molecule has 2 aliphatic carbocycles. The molecule has 1 unspecified atom stereocenters. The van der Waals surface area contributed by atoms with E-state index in [1.54, 1.807) is 17.3 Å². The van der Waals surface area contributed by atoms with Gasteiger partial charge >= 0.3 is 0 Å². The van der Waals surface area contributed by atoms with Crippen molar-refractivity contribution >= 4 is 46.1 Å². The fraction of sp³-hybridized carbons (Fsp3) is 0.303. The summed E-state index contributed by atoms with van der Waals surface area (Å²) in [6.45, 7) is 0.490. The second-order valence-electron chi connectivity index (χ2n) is 11.0. The van der Waals surface area contributed by atoms with E-state index in [0.717, 1.165) is 47.0 Å². The van der Waals surface area contributed by atoms with Crippen LogP contribution in [0.25, 0.3) is 28.2 Å². The van der Waals surface area contributed by atoms with Crippen LogP contribution in [-0.4, -0.2) is 21.2 Å². The summed E-state index contributed by atoms with van der Waals surface area (Å²) in [6.07, 6.45) is 9.31. The first-order chi connectivity index (χ1) is 19.3. The maximum atomic E-state index is 14.1. The Labute approximate surface area is 235 Å². The van der Waals surface area contributed by atoms with Gasteiger partial charge in [-0.15, -0.1) is 0 Å². The molecule has 5 nitrogen and oxygen atoms in total. The van der Waals surface area contributed by atoms with Crippen molar-refractivity contribution in [3.8, 4) is 11.1 Å². The molecule has 0 N–H and O–H groups in total. The number of aryl methyl sites for hydroxylation is 1. The number of carbonyl (C=O) groups excluding carboxylic acids is 2. The number of ketones is 1. The number of amides is 1. The minimum atomic E-state index is -1.02. The van der Waals surface area contributed by atoms with Crippen LogP contribution in [0.5, 0.6) is 0 Å². The third-order valence-electron chi connectivity index (χ3n) is 8.28. The first kappa shape index (κ1) is 24.3. The summed E-state index contributed by atoms with van der Waals surface area (Å²) in [6, 6.07) is 19.3. The van der Waals surface area contributed by atoms with E-state index in [0.29, 0.717) is 28.1 Å². The van der Waals surface area contributed by atoms with Crippen LogP contribution in [0.1, 0.15) is 45.1 Å². The highest BCUT2D eigenvalue weighted by atomic mass is 35.5. The number of allylic oxidation sites excluding steroid dienone is 1. The first-order valence-corrected chi connectivity index (χ1v) is 13.9. The molecular formula is C33H32ClN3O2. The molecule has 6 rings (SSSR count). The van der Waals surface area contributed by atoms with Gasteiger partial charge in [-0.05, 0) is 96.7 Å². The Hall–Kier alpha value is -3.70. The van der Waals surface area contributed by atoms with E-state index in [4.69, 9.17) is 11.6 Å². The molecular weight excluding hydrogens is 506 g/mol. The van der Waals surface area contributed by atoms with Crippen LogP contribution >= 0.6 is 11.6 Å². The lowest BCUT2D eigenvalue weighted by molar-refractivity contribution is -0.124. The van der Waals surface area contributed by atoms with Gasteiger partial charge in [0, 0.05) is 23.7 Å². The summed E-state index contributed by atoms with van der Waals surface area (Å²) in [5, 5.41) is 0.442. The van der Waals surface area contributed by atoms with Crippen LogP contribution in [0.4, 0.5) is 5.69 Å². The SMILES string of the molecule is [2H]C(c1ccc(-c2ccc3c(c2)ncn3C)cc1Cl)N(C(=O)[C@@H]1C[C@@H]2CC[C@H]1C2)c1cccc(/C=C/C(C)=O)c1. The largest absolute Gasteiger partial charge is 0.334 e. The van der Waals surface area contributed by atoms with Crippen molar-refractivity contribution in [3.63, 3.8) is 0 Å². The van der Waals surface area contributed by atoms with Gasteiger partial charge < -0.3 is 9.47 Å². The Morgan fingerprint density at radius 1 is 1.10 bits per heavy atom. The molecule has 198 valence electrons. The van der Waals surface area contributed by atoms with Gasteiger partial charge in [-0.2, -0.15) is 0 Å². The van der Waals surface area contributed by atoms with Gasteiger partial charge in [-0.1, -0.05) is 54.4 Å². The molecule has 1 amide bonds. The molecule has 0 aliphatic heterocycles. The minimum Gasteiger partial charge on any atom is -0.334 e. The van der Waals surface area contributed by atoms with Crippen LogP contribution in [0.3, 0.4) is 0 Å². The second-order valence-corrected chi connectivity index (χ2v) is 11.4. The lowest BCUT2D eigenvalue weighted by Crippen LogP contribution is -2.38. The molecule has 3 aromatic carbocycles. The van der Waals surface area contributed by atoms with Crippen LogP contribution in [0.15, 0.2) is 73.1 Å². The van der Waals surface area contributed by atoms with Crippen LogP contribution in [0, 0.1) is 17.8 Å². The molecule has 2 saturated carbocycles. The van der Waals surface area contributed by atoms with Crippen molar-refractivity contribution in [2.75, 3.05) is 4.90 Å². The predicted octanol–water partition coefficient (Wildman–Crippen LogP) is 7.47. The van der Waals surface area contributed by atoms with Crippen molar-refractivity contribution in [3.05, 3.63) is 89.2 Å². The van der Waals surface area contributed by atoms with E-state index < -0.39 is 6.52 Å². The number of rotatable bonds is 7. The number of benzene rings is 3. The molecule has 2 fully saturated rings. The molecule has 4 atom stereocenters. The average Bonchev–Trinajstić information content (AvgIpc) is 3.68. The Kier molecular flexibility index (Phi) is 6.53. The number of aromatic nitrogens is 2. The van der Waals surface area contributed by atoms with Crippen molar-refractivity contribution < 1.29 is 11.0 Å². The van der Waals surface area contributed by atoms with E-state index in [2.05, 4.69) is 4.98 Å². The van der Waals surface area contributed by atoms with Crippen molar-refractivity contribution in [1.29, 1.82) is 0 Å². The van der Waals surface area contributed by atoms with Crippen LogP contribution in [-0.2, 0) is 23.2 Å². The number of carbonyl (C=O) groups is 2. The first-order valence-electron chi connectivity index (χ1n) is 14.1. The maximum absolute atomic E-state index is 14.1. The molecule has 1 aromatic heterocycles. The molecule has 0 radical (unpaired) electrons. The number of halogens is 1. The van der Waals surface area contributed by atoms with Crippen molar-refractivity contribution in [2.45, 2.75) is 39.1 Å². The Balaban J connectivity index is 1.36. The lowest BCUT2D eigenvalue weighted by Gasteiger charge is -2.30. The molecule has 2 aliphatic rings.